The minimum absolute atomic E-state index is 0.371. The van der Waals surface area contributed by atoms with E-state index in [1.807, 2.05) is 0 Å². The van der Waals surface area contributed by atoms with Gasteiger partial charge in [-0.25, -0.2) is 0 Å². The first-order valence-electron chi connectivity index (χ1n) is 7.13. The number of benzene rings is 1. The third-order valence-electron chi connectivity index (χ3n) is 3.48. The number of halogens is 1. The smallest absolute Gasteiger partial charge is 0.126 e. The highest BCUT2D eigenvalue weighted by molar-refractivity contribution is 9.10. The molecule has 0 saturated heterocycles. The molecule has 3 heteroatoms. The van der Waals surface area contributed by atoms with Crippen LogP contribution in [0.2, 0.25) is 0 Å². The average Bonchev–Trinajstić information content (AvgIpc) is 2.38. The van der Waals surface area contributed by atoms with Crippen molar-refractivity contribution in [1.82, 2.24) is 5.32 Å². The maximum Gasteiger partial charge on any atom is 0.126 e. The summed E-state index contributed by atoms with van der Waals surface area (Å²) in [5, 5.41) is 3.66. The van der Waals surface area contributed by atoms with Crippen LogP contribution < -0.4 is 10.1 Å². The number of hydrogen-bond donors (Lipinski definition) is 1. The van der Waals surface area contributed by atoms with E-state index in [9.17, 15) is 0 Å². The third kappa shape index (κ3) is 3.96. The molecule has 2 nitrogen and oxygen atoms in total. The van der Waals surface area contributed by atoms with E-state index in [0.29, 0.717) is 6.04 Å². The molecule has 0 heterocycles. The molecule has 1 aromatic carbocycles. The number of methoxy groups -OCH3 is 1. The molecular formula is C16H26BrNO. The van der Waals surface area contributed by atoms with Gasteiger partial charge < -0.3 is 10.1 Å². The molecule has 19 heavy (non-hydrogen) atoms. The van der Waals surface area contributed by atoms with Crippen molar-refractivity contribution in [2.75, 3.05) is 13.7 Å². The fourth-order valence-electron chi connectivity index (χ4n) is 2.52. The Hall–Kier alpha value is -0.540. The summed E-state index contributed by atoms with van der Waals surface area (Å²) in [4.78, 5) is 0. The lowest BCUT2D eigenvalue weighted by molar-refractivity contribution is 0.390. The van der Waals surface area contributed by atoms with Gasteiger partial charge in [0.1, 0.15) is 5.75 Å². The van der Waals surface area contributed by atoms with Crippen LogP contribution >= 0.6 is 15.9 Å². The van der Waals surface area contributed by atoms with Gasteiger partial charge in [0.25, 0.3) is 0 Å². The maximum atomic E-state index is 5.66. The predicted molar refractivity (Wildman–Crippen MR) is 86.1 cm³/mol. The van der Waals surface area contributed by atoms with Crippen molar-refractivity contribution in [3.63, 3.8) is 0 Å². The van der Waals surface area contributed by atoms with Crippen LogP contribution in [0.5, 0.6) is 5.75 Å². The molecule has 0 bridgehead atoms. The first kappa shape index (κ1) is 16.5. The van der Waals surface area contributed by atoms with E-state index in [4.69, 9.17) is 4.74 Å². The molecule has 0 aromatic heterocycles. The SMILES string of the molecule is CCCNC(CCC)c1c(C)c(Br)cc(C)c1OC. The Morgan fingerprint density at radius 1 is 1.26 bits per heavy atom. The Morgan fingerprint density at radius 2 is 1.95 bits per heavy atom. The minimum atomic E-state index is 0.371. The molecule has 1 unspecified atom stereocenters. The van der Waals surface area contributed by atoms with Crippen LogP contribution in [-0.4, -0.2) is 13.7 Å². The van der Waals surface area contributed by atoms with Gasteiger partial charge in [-0.05, 0) is 50.4 Å². The van der Waals surface area contributed by atoms with Gasteiger partial charge in [0.15, 0.2) is 0 Å². The first-order valence-corrected chi connectivity index (χ1v) is 7.93. The van der Waals surface area contributed by atoms with Gasteiger partial charge >= 0.3 is 0 Å². The first-order chi connectivity index (χ1) is 9.06. The second-order valence-electron chi connectivity index (χ2n) is 5.04. The van der Waals surface area contributed by atoms with E-state index >= 15 is 0 Å². The molecule has 1 atom stereocenters. The van der Waals surface area contributed by atoms with E-state index in [1.54, 1.807) is 7.11 Å². The average molecular weight is 328 g/mol. The Balaban J connectivity index is 3.26. The van der Waals surface area contributed by atoms with Gasteiger partial charge in [-0.2, -0.15) is 0 Å². The van der Waals surface area contributed by atoms with Crippen molar-refractivity contribution in [3.8, 4) is 5.75 Å². The van der Waals surface area contributed by atoms with Crippen LogP contribution in [-0.2, 0) is 0 Å². The van der Waals surface area contributed by atoms with Crippen molar-refractivity contribution in [3.05, 3.63) is 27.2 Å². The summed E-state index contributed by atoms with van der Waals surface area (Å²) in [6, 6.07) is 2.51. The summed E-state index contributed by atoms with van der Waals surface area (Å²) in [5.41, 5.74) is 3.78. The molecule has 0 aliphatic rings. The van der Waals surface area contributed by atoms with E-state index in [0.717, 1.165) is 31.6 Å². The number of hydrogen-bond acceptors (Lipinski definition) is 2. The van der Waals surface area contributed by atoms with E-state index in [1.165, 1.54) is 21.2 Å². The van der Waals surface area contributed by atoms with E-state index in [2.05, 4.69) is 55.0 Å². The Kier molecular flexibility index (Phi) is 6.87. The predicted octanol–water partition coefficient (Wildman–Crippen LogP) is 4.92. The van der Waals surface area contributed by atoms with Gasteiger partial charge in [-0.15, -0.1) is 0 Å². The lowest BCUT2D eigenvalue weighted by atomic mass is 9.94. The molecular weight excluding hydrogens is 302 g/mol. The summed E-state index contributed by atoms with van der Waals surface area (Å²) in [5.74, 6) is 1.03. The molecule has 0 spiro atoms. The van der Waals surface area contributed by atoms with Gasteiger partial charge in [0.05, 0.1) is 7.11 Å². The summed E-state index contributed by atoms with van der Waals surface area (Å²) in [6.07, 6.45) is 3.44. The molecule has 0 amide bonds. The monoisotopic (exact) mass is 327 g/mol. The zero-order valence-corrected chi connectivity index (χ0v) is 14.4. The molecule has 1 rings (SSSR count). The third-order valence-corrected chi connectivity index (χ3v) is 4.30. The van der Waals surface area contributed by atoms with Crippen LogP contribution in [0.3, 0.4) is 0 Å². The fraction of sp³-hybridized carbons (Fsp3) is 0.625. The highest BCUT2D eigenvalue weighted by atomic mass is 79.9. The quantitative estimate of drug-likeness (QED) is 0.767. The molecule has 0 aliphatic carbocycles. The number of aryl methyl sites for hydroxylation is 1. The van der Waals surface area contributed by atoms with Crippen molar-refractivity contribution >= 4 is 15.9 Å². The number of ether oxygens (including phenoxy) is 1. The molecule has 0 saturated carbocycles. The van der Waals surface area contributed by atoms with Crippen LogP contribution in [0, 0.1) is 13.8 Å². The topological polar surface area (TPSA) is 21.3 Å². The lowest BCUT2D eigenvalue weighted by Gasteiger charge is -2.25. The molecule has 0 aliphatic heterocycles. The highest BCUT2D eigenvalue weighted by Gasteiger charge is 2.20. The minimum Gasteiger partial charge on any atom is -0.496 e. The zero-order valence-electron chi connectivity index (χ0n) is 12.8. The maximum absolute atomic E-state index is 5.66. The van der Waals surface area contributed by atoms with Crippen LogP contribution in [0.15, 0.2) is 10.5 Å². The largest absolute Gasteiger partial charge is 0.496 e. The van der Waals surface area contributed by atoms with Gasteiger partial charge in [0.2, 0.25) is 0 Å². The van der Waals surface area contributed by atoms with Gasteiger partial charge in [-0.1, -0.05) is 36.2 Å². The van der Waals surface area contributed by atoms with Crippen LogP contribution in [0.4, 0.5) is 0 Å². The molecule has 0 radical (unpaired) electrons. The Morgan fingerprint density at radius 3 is 2.47 bits per heavy atom. The summed E-state index contributed by atoms with van der Waals surface area (Å²) >= 11 is 3.66. The molecule has 108 valence electrons. The lowest BCUT2D eigenvalue weighted by Crippen LogP contribution is -2.23. The normalized spacial score (nSPS) is 12.5. The fourth-order valence-corrected chi connectivity index (χ4v) is 3.08. The van der Waals surface area contributed by atoms with E-state index in [-0.39, 0.29) is 0 Å². The summed E-state index contributed by atoms with van der Waals surface area (Å²) in [6.45, 7) is 9.74. The van der Waals surface area contributed by atoms with Crippen molar-refractivity contribution in [2.45, 2.75) is 53.0 Å². The van der Waals surface area contributed by atoms with Crippen LogP contribution in [0.25, 0.3) is 0 Å². The number of nitrogens with one attached hydrogen (secondary N) is 1. The highest BCUT2D eigenvalue weighted by Crippen LogP contribution is 2.37. The van der Waals surface area contributed by atoms with Gasteiger partial charge in [-0.3, -0.25) is 0 Å². The number of rotatable bonds is 7. The molecule has 1 aromatic rings. The second kappa shape index (κ2) is 7.91. The molecule has 1 N–H and O–H groups in total. The second-order valence-corrected chi connectivity index (χ2v) is 5.90. The van der Waals surface area contributed by atoms with E-state index < -0.39 is 0 Å². The van der Waals surface area contributed by atoms with Crippen LogP contribution in [0.1, 0.15) is 55.8 Å². The van der Waals surface area contributed by atoms with Crippen molar-refractivity contribution in [1.29, 1.82) is 0 Å². The standard InChI is InChI=1S/C16H26BrNO/c1-6-8-14(18-9-7-2)15-12(4)13(17)10-11(3)16(15)19-5/h10,14,18H,6-9H2,1-5H3. The summed E-state index contributed by atoms with van der Waals surface area (Å²) in [7, 11) is 1.77. The Labute approximate surface area is 126 Å². The zero-order chi connectivity index (χ0) is 14.4. The van der Waals surface area contributed by atoms with Crippen molar-refractivity contribution < 1.29 is 4.74 Å². The van der Waals surface area contributed by atoms with Gasteiger partial charge in [0, 0.05) is 16.1 Å². The Bertz CT molecular complexity index is 418. The summed E-state index contributed by atoms with van der Waals surface area (Å²) < 4.78 is 6.83. The molecule has 0 fully saturated rings. The van der Waals surface area contributed by atoms with Crippen molar-refractivity contribution in [2.24, 2.45) is 0 Å².